The number of hydrogen-bond donors (Lipinski definition) is 3. The van der Waals surface area contributed by atoms with Gasteiger partial charge in [-0.3, -0.25) is 19.1 Å². The normalized spacial score (nSPS) is 17.6. The topological polar surface area (TPSA) is 100 Å². The number of alkyl halides is 3. The van der Waals surface area contributed by atoms with E-state index in [-0.39, 0.29) is 30.4 Å². The summed E-state index contributed by atoms with van der Waals surface area (Å²) in [7, 11) is 3.45. The molecule has 3 N–H and O–H groups in total. The summed E-state index contributed by atoms with van der Waals surface area (Å²) in [5.41, 5.74) is -0.393. The lowest BCUT2D eigenvalue weighted by molar-refractivity contribution is -0.137. The van der Waals surface area contributed by atoms with Crippen molar-refractivity contribution in [2.75, 3.05) is 25.0 Å². The monoisotopic (exact) mass is 507 g/mol. The third-order valence-electron chi connectivity index (χ3n) is 6.87. The first-order chi connectivity index (χ1) is 16.8. The minimum Gasteiger partial charge on any atom is -0.385 e. The average molecular weight is 508 g/mol. The van der Waals surface area contributed by atoms with E-state index in [0.29, 0.717) is 30.4 Å². The fourth-order valence-corrected chi connectivity index (χ4v) is 4.50. The highest BCUT2D eigenvalue weighted by Crippen LogP contribution is 2.33. The van der Waals surface area contributed by atoms with Crippen molar-refractivity contribution in [3.63, 3.8) is 0 Å². The highest BCUT2D eigenvalue weighted by atomic mass is 19.4. The molecule has 1 aromatic carbocycles. The van der Waals surface area contributed by atoms with Gasteiger partial charge in [-0.2, -0.15) is 23.4 Å². The molecule has 0 saturated carbocycles. The minimum atomic E-state index is -4.46. The molecule has 0 aliphatic carbocycles. The highest BCUT2D eigenvalue weighted by molar-refractivity contribution is 5.92. The molecule has 1 fully saturated rings. The van der Waals surface area contributed by atoms with E-state index in [1.165, 1.54) is 10.7 Å². The van der Waals surface area contributed by atoms with E-state index in [2.05, 4.69) is 32.7 Å². The van der Waals surface area contributed by atoms with E-state index in [4.69, 9.17) is 0 Å². The summed E-state index contributed by atoms with van der Waals surface area (Å²) in [4.78, 5) is 14.7. The molecule has 0 unspecified atom stereocenters. The standard InChI is InChI=1S/C24H32F3N7O2/c1-15(7-8-23(2,36)17-10-29-32(3)12-17)34-13-18(14-34)30-21(35)11-28-22-19-9-16(24(25,26)27)5-6-20(19)33(4)31-22/h5-6,9-10,12,15,18,36H,7-8,11,13-14H2,1-4H3,(H,28,31)(H,30,35)/t15-,23-/m0/s1. The molecule has 12 heteroatoms. The molecule has 1 amide bonds. The number of aliphatic hydroxyl groups is 1. The van der Waals surface area contributed by atoms with Gasteiger partial charge in [-0.1, -0.05) is 0 Å². The van der Waals surface area contributed by atoms with Crippen LogP contribution >= 0.6 is 0 Å². The van der Waals surface area contributed by atoms with E-state index in [1.54, 1.807) is 24.9 Å². The molecule has 3 heterocycles. The van der Waals surface area contributed by atoms with E-state index < -0.39 is 17.3 Å². The van der Waals surface area contributed by atoms with E-state index in [0.717, 1.165) is 24.1 Å². The first-order valence-corrected chi connectivity index (χ1v) is 11.9. The maximum Gasteiger partial charge on any atom is 0.416 e. The number of benzene rings is 1. The van der Waals surface area contributed by atoms with Gasteiger partial charge in [0.2, 0.25) is 5.91 Å². The third kappa shape index (κ3) is 5.65. The Kier molecular flexibility index (Phi) is 7.02. The summed E-state index contributed by atoms with van der Waals surface area (Å²) in [6.45, 7) is 5.19. The molecule has 4 rings (SSSR count). The second kappa shape index (κ2) is 9.74. The van der Waals surface area contributed by atoms with Gasteiger partial charge in [0.05, 0.1) is 35.5 Å². The van der Waals surface area contributed by atoms with Crippen molar-refractivity contribution in [3.8, 4) is 0 Å². The number of nitrogens with one attached hydrogen (secondary N) is 2. The molecular formula is C24H32F3N7O2. The second-order valence-corrected chi connectivity index (χ2v) is 9.84. The third-order valence-corrected chi connectivity index (χ3v) is 6.87. The van der Waals surface area contributed by atoms with Crippen LogP contribution in [-0.2, 0) is 30.7 Å². The molecule has 0 radical (unpaired) electrons. The molecule has 0 spiro atoms. The van der Waals surface area contributed by atoms with Crippen molar-refractivity contribution in [3.05, 3.63) is 41.7 Å². The Bertz CT molecular complexity index is 1230. The Hall–Kier alpha value is -3.12. The predicted octanol–water partition coefficient (Wildman–Crippen LogP) is 2.61. The van der Waals surface area contributed by atoms with Crippen molar-refractivity contribution >= 4 is 22.6 Å². The molecular weight excluding hydrogens is 475 g/mol. The number of amides is 1. The van der Waals surface area contributed by atoms with Crippen LogP contribution in [0.2, 0.25) is 0 Å². The molecule has 2 atom stereocenters. The Labute approximate surface area is 207 Å². The summed E-state index contributed by atoms with van der Waals surface area (Å²) in [5.74, 6) is -0.0177. The van der Waals surface area contributed by atoms with Gasteiger partial charge >= 0.3 is 6.18 Å². The molecule has 3 aromatic rings. The Morgan fingerprint density at radius 3 is 2.61 bits per heavy atom. The van der Waals surface area contributed by atoms with Gasteiger partial charge < -0.3 is 15.7 Å². The summed E-state index contributed by atoms with van der Waals surface area (Å²) < 4.78 is 42.4. The fourth-order valence-electron chi connectivity index (χ4n) is 4.50. The number of carbonyl (C=O) groups is 1. The molecule has 0 bridgehead atoms. The van der Waals surface area contributed by atoms with Crippen LogP contribution in [0.3, 0.4) is 0 Å². The summed E-state index contributed by atoms with van der Waals surface area (Å²) in [6, 6.07) is 3.67. The Morgan fingerprint density at radius 1 is 1.25 bits per heavy atom. The number of carbonyl (C=O) groups excluding carboxylic acids is 1. The van der Waals surface area contributed by atoms with Gasteiger partial charge in [0.1, 0.15) is 0 Å². The van der Waals surface area contributed by atoms with Gasteiger partial charge in [0.15, 0.2) is 5.82 Å². The number of aryl methyl sites for hydroxylation is 2. The highest BCUT2D eigenvalue weighted by Gasteiger charge is 2.33. The molecule has 1 aliphatic heterocycles. The lowest BCUT2D eigenvalue weighted by Gasteiger charge is -2.44. The zero-order chi connectivity index (χ0) is 26.3. The average Bonchev–Trinajstić information content (AvgIpc) is 3.36. The van der Waals surface area contributed by atoms with Gasteiger partial charge in [-0.25, -0.2) is 0 Å². The number of hydrogen-bond acceptors (Lipinski definition) is 6. The van der Waals surface area contributed by atoms with Crippen molar-refractivity contribution in [2.45, 2.75) is 50.6 Å². The van der Waals surface area contributed by atoms with Crippen LogP contribution in [0.15, 0.2) is 30.6 Å². The van der Waals surface area contributed by atoms with Crippen LogP contribution in [0.25, 0.3) is 10.9 Å². The number of likely N-dealkylation sites (tertiary alicyclic amines) is 1. The first kappa shape index (κ1) is 26.0. The number of aromatic nitrogens is 4. The quantitative estimate of drug-likeness (QED) is 0.412. The van der Waals surface area contributed by atoms with E-state index in [1.807, 2.05) is 13.2 Å². The maximum atomic E-state index is 13.1. The zero-order valence-corrected chi connectivity index (χ0v) is 20.8. The molecule has 9 nitrogen and oxygen atoms in total. The summed E-state index contributed by atoms with van der Waals surface area (Å²) in [6.07, 6.45) is 0.413. The fraction of sp³-hybridized carbons (Fsp3) is 0.542. The molecule has 1 aliphatic rings. The van der Waals surface area contributed by atoms with Crippen LogP contribution in [-0.4, -0.2) is 67.2 Å². The van der Waals surface area contributed by atoms with Crippen molar-refractivity contribution in [2.24, 2.45) is 14.1 Å². The molecule has 2 aromatic heterocycles. The van der Waals surface area contributed by atoms with Gasteiger partial charge in [-0.05, 0) is 44.9 Å². The zero-order valence-electron chi connectivity index (χ0n) is 20.8. The van der Waals surface area contributed by atoms with Crippen LogP contribution in [0.1, 0.15) is 37.8 Å². The Balaban J connectivity index is 1.23. The van der Waals surface area contributed by atoms with E-state index in [9.17, 15) is 23.1 Å². The van der Waals surface area contributed by atoms with Crippen molar-refractivity contribution in [1.29, 1.82) is 0 Å². The Morgan fingerprint density at radius 2 is 1.97 bits per heavy atom. The van der Waals surface area contributed by atoms with Gasteiger partial charge in [0.25, 0.3) is 0 Å². The lowest BCUT2D eigenvalue weighted by Crippen LogP contribution is -2.62. The van der Waals surface area contributed by atoms with E-state index >= 15 is 0 Å². The SMILES string of the molecule is C[C@@H](CC[C@](C)(O)c1cnn(C)c1)N1CC(NC(=O)CNc2nn(C)c3ccc(C(F)(F)F)cc23)C1. The summed E-state index contributed by atoms with van der Waals surface area (Å²) >= 11 is 0. The van der Waals surface area contributed by atoms with Crippen LogP contribution in [0.4, 0.5) is 19.0 Å². The van der Waals surface area contributed by atoms with Gasteiger partial charge in [-0.15, -0.1) is 0 Å². The van der Waals surface area contributed by atoms with Crippen molar-refractivity contribution < 1.29 is 23.1 Å². The number of anilines is 1. The number of rotatable bonds is 9. The number of halogens is 3. The smallest absolute Gasteiger partial charge is 0.385 e. The lowest BCUT2D eigenvalue weighted by atomic mass is 9.91. The van der Waals surface area contributed by atoms with Crippen LogP contribution in [0, 0.1) is 0 Å². The minimum absolute atomic E-state index is 0.00195. The first-order valence-electron chi connectivity index (χ1n) is 11.9. The van der Waals surface area contributed by atoms with Crippen LogP contribution < -0.4 is 10.6 Å². The predicted molar refractivity (Wildman–Crippen MR) is 129 cm³/mol. The maximum absolute atomic E-state index is 13.1. The number of fused-ring (bicyclic) bond motifs is 1. The summed E-state index contributed by atoms with van der Waals surface area (Å²) in [5, 5.41) is 25.2. The second-order valence-electron chi connectivity index (χ2n) is 9.84. The van der Waals surface area contributed by atoms with Gasteiger partial charge in [0, 0.05) is 50.4 Å². The number of nitrogens with zero attached hydrogens (tertiary/aromatic N) is 5. The van der Waals surface area contributed by atoms with Crippen molar-refractivity contribution in [1.82, 2.24) is 29.8 Å². The van der Waals surface area contributed by atoms with Crippen LogP contribution in [0.5, 0.6) is 0 Å². The molecule has 196 valence electrons. The largest absolute Gasteiger partial charge is 0.416 e. The molecule has 1 saturated heterocycles. The molecule has 36 heavy (non-hydrogen) atoms.